The van der Waals surface area contributed by atoms with Gasteiger partial charge in [0.25, 0.3) is 5.91 Å². The molecule has 0 unspecified atom stereocenters. The number of carbonyl (C=O) groups excluding carboxylic acids is 2. The fraction of sp³-hybridized carbons (Fsp3) is 0.467. The molecule has 6 nitrogen and oxygen atoms in total. The minimum atomic E-state index is -0.223. The number of amides is 3. The molecule has 21 heavy (non-hydrogen) atoms. The summed E-state index contributed by atoms with van der Waals surface area (Å²) in [6.45, 7) is 5.15. The SMILES string of the molecule is CCCCNC(=O)Nc1ccc(OCC(=O)NCC)cc1. The Morgan fingerprint density at radius 2 is 1.81 bits per heavy atom. The van der Waals surface area contributed by atoms with E-state index in [4.69, 9.17) is 4.74 Å². The summed E-state index contributed by atoms with van der Waals surface area (Å²) in [7, 11) is 0. The third kappa shape index (κ3) is 7.20. The molecule has 3 N–H and O–H groups in total. The molecule has 0 aliphatic carbocycles. The number of unbranched alkanes of at least 4 members (excludes halogenated alkanes) is 1. The van der Waals surface area contributed by atoms with Crippen LogP contribution in [0.15, 0.2) is 24.3 Å². The maximum atomic E-state index is 11.6. The van der Waals surface area contributed by atoms with Crippen molar-refractivity contribution in [2.75, 3.05) is 25.0 Å². The van der Waals surface area contributed by atoms with Gasteiger partial charge in [0.1, 0.15) is 5.75 Å². The molecule has 116 valence electrons. The van der Waals surface area contributed by atoms with Crippen LogP contribution in [0.25, 0.3) is 0 Å². The zero-order valence-corrected chi connectivity index (χ0v) is 12.6. The van der Waals surface area contributed by atoms with Crippen molar-refractivity contribution >= 4 is 17.6 Å². The minimum absolute atomic E-state index is 0.0158. The zero-order chi connectivity index (χ0) is 15.5. The summed E-state index contributed by atoms with van der Waals surface area (Å²) in [5.74, 6) is 0.424. The average Bonchev–Trinajstić information content (AvgIpc) is 2.47. The van der Waals surface area contributed by atoms with E-state index >= 15 is 0 Å². The second-order valence-electron chi connectivity index (χ2n) is 4.50. The molecule has 0 heterocycles. The second kappa shape index (κ2) is 9.63. The molecule has 1 aromatic carbocycles. The largest absolute Gasteiger partial charge is 0.484 e. The van der Waals surface area contributed by atoms with E-state index in [0.717, 1.165) is 12.8 Å². The van der Waals surface area contributed by atoms with Crippen LogP contribution < -0.4 is 20.7 Å². The molecular weight excluding hydrogens is 270 g/mol. The maximum Gasteiger partial charge on any atom is 0.319 e. The van der Waals surface area contributed by atoms with E-state index < -0.39 is 0 Å². The summed E-state index contributed by atoms with van der Waals surface area (Å²) < 4.78 is 5.32. The highest BCUT2D eigenvalue weighted by Crippen LogP contribution is 2.15. The molecule has 0 aliphatic heterocycles. The summed E-state index contributed by atoms with van der Waals surface area (Å²) in [6, 6.07) is 6.65. The molecular formula is C15H23N3O3. The van der Waals surface area contributed by atoms with Crippen LogP contribution in [-0.2, 0) is 4.79 Å². The molecule has 1 rings (SSSR count). The lowest BCUT2D eigenvalue weighted by molar-refractivity contribution is -0.122. The number of hydrogen-bond acceptors (Lipinski definition) is 3. The molecule has 0 fully saturated rings. The van der Waals surface area contributed by atoms with Crippen molar-refractivity contribution in [3.05, 3.63) is 24.3 Å². The Labute approximate surface area is 125 Å². The van der Waals surface area contributed by atoms with Crippen LogP contribution >= 0.6 is 0 Å². The van der Waals surface area contributed by atoms with Crippen LogP contribution in [0, 0.1) is 0 Å². The number of benzene rings is 1. The number of rotatable bonds is 8. The lowest BCUT2D eigenvalue weighted by Crippen LogP contribution is -2.29. The van der Waals surface area contributed by atoms with Gasteiger partial charge >= 0.3 is 6.03 Å². The molecule has 3 amide bonds. The third-order valence-electron chi connectivity index (χ3n) is 2.67. The molecule has 0 spiro atoms. The Morgan fingerprint density at radius 3 is 2.43 bits per heavy atom. The number of anilines is 1. The smallest absolute Gasteiger partial charge is 0.319 e. The molecule has 0 saturated heterocycles. The standard InChI is InChI=1S/C15H23N3O3/c1-3-5-10-17-15(20)18-12-6-8-13(9-7-12)21-11-14(19)16-4-2/h6-9H,3-5,10-11H2,1-2H3,(H,16,19)(H2,17,18,20). The maximum absolute atomic E-state index is 11.6. The summed E-state index contributed by atoms with van der Waals surface area (Å²) in [5, 5.41) is 8.14. The average molecular weight is 293 g/mol. The predicted octanol–water partition coefficient (Wildman–Crippen LogP) is 2.12. The normalized spacial score (nSPS) is 9.81. The fourth-order valence-electron chi connectivity index (χ4n) is 1.59. The predicted molar refractivity (Wildman–Crippen MR) is 82.6 cm³/mol. The van der Waals surface area contributed by atoms with Crippen LogP contribution in [0.2, 0.25) is 0 Å². The topological polar surface area (TPSA) is 79.5 Å². The first-order valence-corrected chi connectivity index (χ1v) is 7.20. The van der Waals surface area contributed by atoms with Crippen LogP contribution in [-0.4, -0.2) is 31.6 Å². The lowest BCUT2D eigenvalue weighted by atomic mass is 10.3. The van der Waals surface area contributed by atoms with Crippen molar-refractivity contribution in [2.45, 2.75) is 26.7 Å². The highest BCUT2D eigenvalue weighted by Gasteiger charge is 2.03. The van der Waals surface area contributed by atoms with E-state index in [9.17, 15) is 9.59 Å². The highest BCUT2D eigenvalue weighted by molar-refractivity contribution is 5.89. The first-order valence-electron chi connectivity index (χ1n) is 7.20. The Morgan fingerprint density at radius 1 is 1.10 bits per heavy atom. The Bertz CT molecular complexity index is 446. The van der Waals surface area contributed by atoms with Crippen LogP contribution in [0.4, 0.5) is 10.5 Å². The quantitative estimate of drug-likeness (QED) is 0.642. The molecule has 0 bridgehead atoms. The number of urea groups is 1. The van der Waals surface area contributed by atoms with E-state index in [1.807, 2.05) is 6.92 Å². The Balaban J connectivity index is 2.36. The van der Waals surface area contributed by atoms with Crippen molar-refractivity contribution in [1.82, 2.24) is 10.6 Å². The number of likely N-dealkylation sites (N-methyl/N-ethyl adjacent to an activating group) is 1. The van der Waals surface area contributed by atoms with Gasteiger partial charge in [0.2, 0.25) is 0 Å². The monoisotopic (exact) mass is 293 g/mol. The Hall–Kier alpha value is -2.24. The van der Waals surface area contributed by atoms with Gasteiger partial charge in [0, 0.05) is 18.8 Å². The fourth-order valence-corrected chi connectivity index (χ4v) is 1.59. The van der Waals surface area contributed by atoms with E-state index in [1.54, 1.807) is 24.3 Å². The molecule has 0 aromatic heterocycles. The van der Waals surface area contributed by atoms with Gasteiger partial charge in [-0.3, -0.25) is 4.79 Å². The van der Waals surface area contributed by atoms with Crippen molar-refractivity contribution in [3.63, 3.8) is 0 Å². The van der Waals surface area contributed by atoms with Gasteiger partial charge in [0.15, 0.2) is 6.61 Å². The summed E-state index contributed by atoms with van der Waals surface area (Å²) in [4.78, 5) is 22.8. The number of hydrogen-bond donors (Lipinski definition) is 3. The number of carbonyl (C=O) groups is 2. The molecule has 6 heteroatoms. The van der Waals surface area contributed by atoms with E-state index in [0.29, 0.717) is 24.5 Å². The second-order valence-corrected chi connectivity index (χ2v) is 4.50. The van der Waals surface area contributed by atoms with E-state index in [-0.39, 0.29) is 18.5 Å². The van der Waals surface area contributed by atoms with Gasteiger partial charge in [-0.1, -0.05) is 13.3 Å². The summed E-state index contributed by atoms with van der Waals surface area (Å²) in [6.07, 6.45) is 2.00. The Kier molecular flexibility index (Phi) is 7.71. The third-order valence-corrected chi connectivity index (χ3v) is 2.67. The van der Waals surface area contributed by atoms with Crippen LogP contribution in [0.5, 0.6) is 5.75 Å². The zero-order valence-electron chi connectivity index (χ0n) is 12.6. The number of nitrogens with one attached hydrogen (secondary N) is 3. The van der Waals surface area contributed by atoms with Gasteiger partial charge in [0.05, 0.1) is 0 Å². The van der Waals surface area contributed by atoms with Crippen molar-refractivity contribution in [2.24, 2.45) is 0 Å². The first kappa shape index (κ1) is 16.8. The van der Waals surface area contributed by atoms with E-state index in [1.165, 1.54) is 0 Å². The van der Waals surface area contributed by atoms with Gasteiger partial charge < -0.3 is 20.7 Å². The first-order chi connectivity index (χ1) is 10.2. The van der Waals surface area contributed by atoms with Crippen LogP contribution in [0.1, 0.15) is 26.7 Å². The van der Waals surface area contributed by atoms with E-state index in [2.05, 4.69) is 22.9 Å². The highest BCUT2D eigenvalue weighted by atomic mass is 16.5. The van der Waals surface area contributed by atoms with Crippen molar-refractivity contribution < 1.29 is 14.3 Å². The van der Waals surface area contributed by atoms with Crippen molar-refractivity contribution in [3.8, 4) is 5.75 Å². The summed E-state index contributed by atoms with van der Waals surface area (Å²) >= 11 is 0. The summed E-state index contributed by atoms with van der Waals surface area (Å²) in [5.41, 5.74) is 0.675. The molecule has 0 aliphatic rings. The van der Waals surface area contributed by atoms with Crippen molar-refractivity contribution in [1.29, 1.82) is 0 Å². The van der Waals surface area contributed by atoms with Crippen LogP contribution in [0.3, 0.4) is 0 Å². The lowest BCUT2D eigenvalue weighted by Gasteiger charge is -2.09. The molecule has 1 aromatic rings. The minimum Gasteiger partial charge on any atom is -0.484 e. The molecule has 0 atom stereocenters. The van der Waals surface area contributed by atoms with Gasteiger partial charge in [-0.05, 0) is 37.6 Å². The van der Waals surface area contributed by atoms with Gasteiger partial charge in [-0.15, -0.1) is 0 Å². The number of ether oxygens (including phenoxy) is 1. The molecule has 0 saturated carbocycles. The van der Waals surface area contributed by atoms with Gasteiger partial charge in [-0.25, -0.2) is 4.79 Å². The van der Waals surface area contributed by atoms with Gasteiger partial charge in [-0.2, -0.15) is 0 Å². The molecule has 0 radical (unpaired) electrons.